The molecule has 0 aliphatic carbocycles. The van der Waals surface area contributed by atoms with E-state index in [9.17, 15) is 24.0 Å². The van der Waals surface area contributed by atoms with E-state index >= 15 is 0 Å². The van der Waals surface area contributed by atoms with Gasteiger partial charge in [0.15, 0.2) is 0 Å². The van der Waals surface area contributed by atoms with Gasteiger partial charge in [-0.1, -0.05) is 18.2 Å². The molecule has 154 valence electrons. The number of amides is 5. The lowest BCUT2D eigenvalue weighted by Crippen LogP contribution is -2.42. The predicted molar refractivity (Wildman–Crippen MR) is 108 cm³/mol. The summed E-state index contributed by atoms with van der Waals surface area (Å²) in [4.78, 5) is 60.8. The minimum absolute atomic E-state index is 0.124. The maximum absolute atomic E-state index is 12.3. The Morgan fingerprint density at radius 1 is 0.867 bits per heavy atom. The topological polar surface area (TPSA) is 125 Å². The summed E-state index contributed by atoms with van der Waals surface area (Å²) >= 11 is 0. The Morgan fingerprint density at radius 3 is 2.13 bits per heavy atom. The molecule has 0 fully saturated rings. The number of hydrogen-bond donors (Lipinski definition) is 3. The minimum Gasteiger partial charge on any atom is -0.353 e. The van der Waals surface area contributed by atoms with E-state index in [2.05, 4.69) is 16.0 Å². The number of benzene rings is 2. The first-order valence-electron chi connectivity index (χ1n) is 9.24. The molecule has 1 heterocycles. The van der Waals surface area contributed by atoms with Crippen molar-refractivity contribution in [3.63, 3.8) is 0 Å². The van der Waals surface area contributed by atoms with E-state index in [-0.39, 0.29) is 42.6 Å². The second-order valence-electron chi connectivity index (χ2n) is 6.61. The minimum atomic E-state index is -0.508. The molecule has 0 saturated carbocycles. The van der Waals surface area contributed by atoms with Crippen molar-refractivity contribution < 1.29 is 24.0 Å². The number of fused-ring (bicyclic) bond motifs is 1. The molecule has 2 aromatic carbocycles. The molecule has 0 atom stereocenters. The van der Waals surface area contributed by atoms with Crippen LogP contribution in [-0.2, 0) is 9.59 Å². The first-order chi connectivity index (χ1) is 14.4. The SMILES string of the molecule is CC(=O)Nc1cccc(C(=O)NCCNC(=O)CN2C(=O)c3ccccc3C2=O)c1. The van der Waals surface area contributed by atoms with Gasteiger partial charge in [0, 0.05) is 31.3 Å². The molecule has 0 radical (unpaired) electrons. The highest BCUT2D eigenvalue weighted by Gasteiger charge is 2.36. The number of rotatable bonds is 7. The third-order valence-corrected chi connectivity index (χ3v) is 4.36. The molecule has 1 aliphatic heterocycles. The van der Waals surface area contributed by atoms with Crippen molar-refractivity contribution >= 4 is 35.2 Å². The van der Waals surface area contributed by atoms with Crippen LogP contribution in [0.3, 0.4) is 0 Å². The summed E-state index contributed by atoms with van der Waals surface area (Å²) in [5.74, 6) is -2.12. The summed E-state index contributed by atoms with van der Waals surface area (Å²) in [7, 11) is 0. The fraction of sp³-hybridized carbons (Fsp3) is 0.190. The van der Waals surface area contributed by atoms with Crippen molar-refractivity contribution in [3.8, 4) is 0 Å². The molecule has 0 aromatic heterocycles. The van der Waals surface area contributed by atoms with Crippen LogP contribution >= 0.6 is 0 Å². The summed E-state index contributed by atoms with van der Waals surface area (Å²) in [5.41, 5.74) is 1.43. The van der Waals surface area contributed by atoms with Crippen molar-refractivity contribution in [2.24, 2.45) is 0 Å². The van der Waals surface area contributed by atoms with Crippen LogP contribution in [0.4, 0.5) is 5.69 Å². The Balaban J connectivity index is 1.44. The standard InChI is InChI=1S/C21H20N4O5/c1-13(26)24-15-6-4-5-14(11-15)19(28)23-10-9-22-18(27)12-25-20(29)16-7-2-3-8-17(16)21(25)30/h2-8,11H,9-10,12H2,1H3,(H,22,27)(H,23,28)(H,24,26). The van der Waals surface area contributed by atoms with Crippen LogP contribution in [0.25, 0.3) is 0 Å². The molecule has 3 rings (SSSR count). The monoisotopic (exact) mass is 408 g/mol. The zero-order valence-electron chi connectivity index (χ0n) is 16.2. The lowest BCUT2D eigenvalue weighted by atomic mass is 10.1. The number of carbonyl (C=O) groups excluding carboxylic acids is 5. The summed E-state index contributed by atoms with van der Waals surface area (Å²) in [6, 6.07) is 12.8. The summed E-state index contributed by atoms with van der Waals surface area (Å²) in [6.45, 7) is 1.26. The van der Waals surface area contributed by atoms with Gasteiger partial charge in [-0.3, -0.25) is 28.9 Å². The lowest BCUT2D eigenvalue weighted by Gasteiger charge is -2.14. The van der Waals surface area contributed by atoms with Crippen LogP contribution in [0.5, 0.6) is 0 Å². The molecule has 0 bridgehead atoms. The van der Waals surface area contributed by atoms with E-state index in [1.54, 1.807) is 42.5 Å². The Bertz CT molecular complexity index is 999. The van der Waals surface area contributed by atoms with Crippen molar-refractivity contribution in [2.75, 3.05) is 25.0 Å². The highest BCUT2D eigenvalue weighted by molar-refractivity contribution is 6.22. The van der Waals surface area contributed by atoms with Gasteiger partial charge in [0.2, 0.25) is 11.8 Å². The maximum atomic E-state index is 12.3. The smallest absolute Gasteiger partial charge is 0.262 e. The van der Waals surface area contributed by atoms with Gasteiger partial charge in [-0.15, -0.1) is 0 Å². The number of nitrogens with zero attached hydrogens (tertiary/aromatic N) is 1. The van der Waals surface area contributed by atoms with Gasteiger partial charge in [-0.25, -0.2) is 0 Å². The molecule has 30 heavy (non-hydrogen) atoms. The average Bonchev–Trinajstić information content (AvgIpc) is 2.96. The molecular formula is C21H20N4O5. The summed E-state index contributed by atoms with van der Waals surface area (Å²) in [6.07, 6.45) is 0. The largest absolute Gasteiger partial charge is 0.353 e. The highest BCUT2D eigenvalue weighted by atomic mass is 16.2. The first-order valence-corrected chi connectivity index (χ1v) is 9.24. The van der Waals surface area contributed by atoms with Gasteiger partial charge in [0.05, 0.1) is 11.1 Å². The number of carbonyl (C=O) groups is 5. The van der Waals surface area contributed by atoms with E-state index in [0.29, 0.717) is 11.3 Å². The van der Waals surface area contributed by atoms with Crippen molar-refractivity contribution in [1.82, 2.24) is 15.5 Å². The third kappa shape index (κ3) is 4.69. The lowest BCUT2D eigenvalue weighted by molar-refractivity contribution is -0.121. The van der Waals surface area contributed by atoms with Crippen molar-refractivity contribution in [1.29, 1.82) is 0 Å². The van der Waals surface area contributed by atoms with E-state index in [4.69, 9.17) is 0 Å². The van der Waals surface area contributed by atoms with Crippen LogP contribution in [-0.4, -0.2) is 54.1 Å². The Labute approximate surface area is 172 Å². The molecule has 3 N–H and O–H groups in total. The number of anilines is 1. The van der Waals surface area contributed by atoms with Gasteiger partial charge in [0.1, 0.15) is 6.54 Å². The van der Waals surface area contributed by atoms with E-state index in [1.807, 2.05) is 0 Å². The molecule has 0 unspecified atom stereocenters. The zero-order chi connectivity index (χ0) is 21.7. The van der Waals surface area contributed by atoms with Gasteiger partial charge in [0.25, 0.3) is 17.7 Å². The molecule has 5 amide bonds. The Kier molecular flexibility index (Phi) is 6.21. The second kappa shape index (κ2) is 8.99. The van der Waals surface area contributed by atoms with Crippen LogP contribution < -0.4 is 16.0 Å². The van der Waals surface area contributed by atoms with Crippen LogP contribution in [0.1, 0.15) is 38.0 Å². The maximum Gasteiger partial charge on any atom is 0.262 e. The van der Waals surface area contributed by atoms with Gasteiger partial charge < -0.3 is 16.0 Å². The molecule has 9 nitrogen and oxygen atoms in total. The van der Waals surface area contributed by atoms with E-state index < -0.39 is 17.7 Å². The van der Waals surface area contributed by atoms with Gasteiger partial charge in [-0.2, -0.15) is 0 Å². The van der Waals surface area contributed by atoms with Gasteiger partial charge in [-0.05, 0) is 30.3 Å². The van der Waals surface area contributed by atoms with E-state index in [1.165, 1.54) is 13.0 Å². The normalized spacial score (nSPS) is 12.4. The summed E-state index contributed by atoms with van der Waals surface area (Å²) in [5, 5.41) is 7.81. The average molecular weight is 408 g/mol. The number of nitrogens with one attached hydrogen (secondary N) is 3. The quantitative estimate of drug-likeness (QED) is 0.461. The fourth-order valence-corrected chi connectivity index (χ4v) is 3.00. The zero-order valence-corrected chi connectivity index (χ0v) is 16.2. The third-order valence-electron chi connectivity index (χ3n) is 4.36. The molecular weight excluding hydrogens is 388 g/mol. The highest BCUT2D eigenvalue weighted by Crippen LogP contribution is 2.21. The predicted octanol–water partition coefficient (Wildman–Crippen LogP) is 0.787. The Hall–Kier alpha value is -4.01. The van der Waals surface area contributed by atoms with Crippen LogP contribution in [0.15, 0.2) is 48.5 Å². The van der Waals surface area contributed by atoms with Gasteiger partial charge >= 0.3 is 0 Å². The molecule has 1 aliphatic rings. The summed E-state index contributed by atoms with van der Waals surface area (Å²) < 4.78 is 0. The van der Waals surface area contributed by atoms with Crippen LogP contribution in [0.2, 0.25) is 0 Å². The molecule has 2 aromatic rings. The van der Waals surface area contributed by atoms with Crippen LogP contribution in [0, 0.1) is 0 Å². The second-order valence-corrected chi connectivity index (χ2v) is 6.61. The van der Waals surface area contributed by atoms with Crippen molar-refractivity contribution in [2.45, 2.75) is 6.92 Å². The number of imide groups is 1. The van der Waals surface area contributed by atoms with Crippen molar-refractivity contribution in [3.05, 3.63) is 65.2 Å². The molecule has 0 spiro atoms. The Morgan fingerprint density at radius 2 is 1.50 bits per heavy atom. The fourth-order valence-electron chi connectivity index (χ4n) is 3.00. The first kappa shape index (κ1) is 20.7. The van der Waals surface area contributed by atoms with E-state index in [0.717, 1.165) is 4.90 Å². The molecule has 0 saturated heterocycles. The number of hydrogen-bond acceptors (Lipinski definition) is 5. The molecule has 9 heteroatoms.